The summed E-state index contributed by atoms with van der Waals surface area (Å²) in [4.78, 5) is 39.2. The van der Waals surface area contributed by atoms with E-state index in [2.05, 4.69) is 16.0 Å². The van der Waals surface area contributed by atoms with Crippen molar-refractivity contribution < 1.29 is 23.9 Å². The van der Waals surface area contributed by atoms with Gasteiger partial charge in [0, 0.05) is 22.2 Å². The van der Waals surface area contributed by atoms with Gasteiger partial charge in [0.2, 0.25) is 5.91 Å². The van der Waals surface area contributed by atoms with Gasteiger partial charge in [0.25, 0.3) is 11.8 Å². The van der Waals surface area contributed by atoms with Crippen molar-refractivity contribution in [2.24, 2.45) is 0 Å². The number of hydrogen-bond donors (Lipinski definition) is 3. The highest BCUT2D eigenvalue weighted by Gasteiger charge is 2.15. The van der Waals surface area contributed by atoms with Gasteiger partial charge in [-0.25, -0.2) is 0 Å². The molecule has 0 aliphatic rings. The molecule has 4 aromatic rings. The Kier molecular flexibility index (Phi) is 9.98. The summed E-state index contributed by atoms with van der Waals surface area (Å²) < 4.78 is 10.5. The maximum Gasteiger partial charge on any atom is 0.272 e. The third kappa shape index (κ3) is 7.98. The van der Waals surface area contributed by atoms with Gasteiger partial charge < -0.3 is 25.4 Å². The van der Waals surface area contributed by atoms with E-state index in [-0.39, 0.29) is 23.3 Å². The molecule has 0 spiro atoms. The Balaban J connectivity index is 1.36. The topological polar surface area (TPSA) is 106 Å². The molecule has 0 saturated heterocycles. The second-order valence-corrected chi connectivity index (χ2v) is 10.1. The van der Waals surface area contributed by atoms with Crippen LogP contribution >= 0.6 is 23.1 Å². The van der Waals surface area contributed by atoms with Gasteiger partial charge in [-0.2, -0.15) is 11.3 Å². The summed E-state index contributed by atoms with van der Waals surface area (Å²) in [6, 6.07) is 22.8. The third-order valence-electron chi connectivity index (χ3n) is 5.55. The van der Waals surface area contributed by atoms with E-state index in [1.165, 1.54) is 30.2 Å². The quantitative estimate of drug-likeness (QED) is 0.152. The van der Waals surface area contributed by atoms with E-state index in [1.54, 1.807) is 67.8 Å². The van der Waals surface area contributed by atoms with Crippen LogP contribution in [0.1, 0.15) is 15.9 Å². The average Bonchev–Trinajstić information content (AvgIpc) is 3.50. The lowest BCUT2D eigenvalue weighted by Crippen LogP contribution is -2.30. The molecule has 1 heterocycles. The van der Waals surface area contributed by atoms with Gasteiger partial charge in [-0.3, -0.25) is 14.4 Å². The molecule has 0 bridgehead atoms. The number of thioether (sulfide) groups is 1. The fourth-order valence-electron chi connectivity index (χ4n) is 3.55. The van der Waals surface area contributed by atoms with Crippen molar-refractivity contribution in [2.45, 2.75) is 4.90 Å². The summed E-state index contributed by atoms with van der Waals surface area (Å²) in [5, 5.41) is 12.2. The van der Waals surface area contributed by atoms with Crippen LogP contribution in [0.5, 0.6) is 11.5 Å². The van der Waals surface area contributed by atoms with Crippen molar-refractivity contribution in [3.8, 4) is 11.5 Å². The summed E-state index contributed by atoms with van der Waals surface area (Å²) in [5.74, 6) is 0.272. The predicted molar refractivity (Wildman–Crippen MR) is 160 cm³/mol. The first-order chi connectivity index (χ1) is 19.4. The Hall–Kier alpha value is -4.54. The second-order valence-electron chi connectivity index (χ2n) is 8.32. The lowest BCUT2D eigenvalue weighted by atomic mass is 10.2. The van der Waals surface area contributed by atoms with Gasteiger partial charge in [0.05, 0.1) is 25.7 Å². The van der Waals surface area contributed by atoms with Crippen LogP contribution in [-0.4, -0.2) is 37.7 Å². The molecule has 204 valence electrons. The third-order valence-corrected chi connectivity index (χ3v) is 7.26. The van der Waals surface area contributed by atoms with Crippen LogP contribution in [0.4, 0.5) is 11.4 Å². The number of rotatable bonds is 11. The van der Waals surface area contributed by atoms with Crippen LogP contribution in [0, 0.1) is 0 Å². The number of thiophene rings is 1. The van der Waals surface area contributed by atoms with Gasteiger partial charge in [0.15, 0.2) is 0 Å². The lowest BCUT2D eigenvalue weighted by Gasteiger charge is -2.12. The van der Waals surface area contributed by atoms with Crippen molar-refractivity contribution >= 4 is 58.3 Å². The molecule has 8 nitrogen and oxygen atoms in total. The normalized spacial score (nSPS) is 10.9. The van der Waals surface area contributed by atoms with E-state index in [0.29, 0.717) is 28.4 Å². The summed E-state index contributed by atoms with van der Waals surface area (Å²) in [7, 11) is 3.08. The first-order valence-electron chi connectivity index (χ1n) is 12.1. The first kappa shape index (κ1) is 28.5. The number of ether oxygens (including phenoxy) is 2. The molecule has 0 radical (unpaired) electrons. The van der Waals surface area contributed by atoms with Gasteiger partial charge >= 0.3 is 0 Å². The molecule has 0 saturated carbocycles. The van der Waals surface area contributed by atoms with Gasteiger partial charge in [0.1, 0.15) is 17.2 Å². The number of benzene rings is 3. The highest BCUT2D eigenvalue weighted by atomic mass is 32.2. The van der Waals surface area contributed by atoms with E-state index in [9.17, 15) is 14.4 Å². The molecule has 3 amide bonds. The highest BCUT2D eigenvalue weighted by Crippen LogP contribution is 2.29. The zero-order valence-corrected chi connectivity index (χ0v) is 23.4. The summed E-state index contributed by atoms with van der Waals surface area (Å²) in [6.45, 7) is 0. The number of hydrogen-bond acceptors (Lipinski definition) is 7. The number of methoxy groups -OCH3 is 2. The maximum atomic E-state index is 13.1. The molecule has 1 aromatic heterocycles. The molecule has 0 atom stereocenters. The van der Waals surface area contributed by atoms with Crippen LogP contribution in [0.3, 0.4) is 0 Å². The van der Waals surface area contributed by atoms with Crippen LogP contribution in [0.25, 0.3) is 6.08 Å². The molecule has 0 aliphatic carbocycles. The van der Waals surface area contributed by atoms with E-state index < -0.39 is 5.91 Å². The second kappa shape index (κ2) is 14.0. The smallest absolute Gasteiger partial charge is 0.272 e. The summed E-state index contributed by atoms with van der Waals surface area (Å²) in [6.07, 6.45) is 1.63. The lowest BCUT2D eigenvalue weighted by molar-refractivity contribution is -0.114. The fraction of sp³-hybridized carbons (Fsp3) is 0.100. The molecule has 3 N–H and O–H groups in total. The van der Waals surface area contributed by atoms with Crippen LogP contribution in [-0.2, 0) is 9.59 Å². The van der Waals surface area contributed by atoms with Crippen LogP contribution in [0.2, 0.25) is 0 Å². The number of amides is 3. The van der Waals surface area contributed by atoms with E-state index in [0.717, 1.165) is 10.5 Å². The van der Waals surface area contributed by atoms with Gasteiger partial charge in [-0.1, -0.05) is 18.2 Å². The Bertz CT molecular complexity index is 1490. The molecule has 0 aliphatic heterocycles. The summed E-state index contributed by atoms with van der Waals surface area (Å²) >= 11 is 2.84. The van der Waals surface area contributed by atoms with E-state index >= 15 is 0 Å². The fourth-order valence-corrected chi connectivity index (χ4v) is 4.86. The Morgan fingerprint density at radius 3 is 2.35 bits per heavy atom. The van der Waals surface area contributed by atoms with E-state index in [4.69, 9.17) is 9.47 Å². The minimum atomic E-state index is -0.456. The average molecular weight is 574 g/mol. The Morgan fingerprint density at radius 1 is 0.900 bits per heavy atom. The molecule has 3 aromatic carbocycles. The molecule has 0 fully saturated rings. The molecule has 4 rings (SSSR count). The molecule has 0 unspecified atom stereocenters. The first-order valence-corrected chi connectivity index (χ1v) is 14.0. The van der Waals surface area contributed by atoms with Crippen LogP contribution < -0.4 is 25.4 Å². The minimum absolute atomic E-state index is 0.121. The number of carbonyl (C=O) groups is 3. The minimum Gasteiger partial charge on any atom is -0.497 e. The zero-order chi connectivity index (χ0) is 28.3. The van der Waals surface area contributed by atoms with Crippen molar-refractivity contribution in [1.82, 2.24) is 5.32 Å². The van der Waals surface area contributed by atoms with E-state index in [1.807, 2.05) is 35.0 Å². The highest BCUT2D eigenvalue weighted by molar-refractivity contribution is 8.00. The Labute approximate surface area is 240 Å². The largest absolute Gasteiger partial charge is 0.497 e. The van der Waals surface area contributed by atoms with Crippen LogP contribution in [0.15, 0.2) is 100 Å². The summed E-state index contributed by atoms with van der Waals surface area (Å²) in [5.41, 5.74) is 2.44. The number of anilines is 2. The predicted octanol–water partition coefficient (Wildman–Crippen LogP) is 5.91. The van der Waals surface area contributed by atoms with Crippen molar-refractivity contribution in [2.75, 3.05) is 30.6 Å². The molecular weight excluding hydrogens is 546 g/mol. The van der Waals surface area contributed by atoms with Gasteiger partial charge in [-0.15, -0.1) is 11.8 Å². The monoisotopic (exact) mass is 573 g/mol. The SMILES string of the molecule is COc1ccc(OC)c(NC(=O)CSc2ccc(NC(=O)/C(=C/c3ccsc3)NC(=O)c3ccccc3)cc2)c1. The van der Waals surface area contributed by atoms with Crippen molar-refractivity contribution in [3.05, 3.63) is 106 Å². The zero-order valence-electron chi connectivity index (χ0n) is 21.8. The standard InChI is InChI=1S/C30H27N3O5S2/c1-37-23-10-13-27(38-2)25(17-23)32-28(34)19-40-24-11-8-22(9-12-24)31-30(36)26(16-20-14-15-39-18-20)33-29(35)21-6-4-3-5-7-21/h3-18H,19H2,1-2H3,(H,31,36)(H,32,34)(H,33,35)/b26-16-. The number of nitrogens with one attached hydrogen (secondary N) is 3. The molecule has 10 heteroatoms. The molecular formula is C30H27N3O5S2. The Morgan fingerprint density at radius 2 is 1.68 bits per heavy atom. The van der Waals surface area contributed by atoms with Crippen molar-refractivity contribution in [1.29, 1.82) is 0 Å². The van der Waals surface area contributed by atoms with Gasteiger partial charge in [-0.05, 0) is 77.0 Å². The maximum absolute atomic E-state index is 13.1. The molecule has 40 heavy (non-hydrogen) atoms. The number of carbonyl (C=O) groups excluding carboxylic acids is 3. The van der Waals surface area contributed by atoms with Crippen molar-refractivity contribution in [3.63, 3.8) is 0 Å².